The van der Waals surface area contributed by atoms with Crippen LogP contribution in [0.4, 0.5) is 13.2 Å². The van der Waals surface area contributed by atoms with Gasteiger partial charge in [-0.05, 0) is 45.0 Å². The van der Waals surface area contributed by atoms with E-state index in [0.29, 0.717) is 24.1 Å². The average Bonchev–Trinajstić information content (AvgIpc) is 2.99. The number of alkyl halides is 3. The molecule has 1 heterocycles. The summed E-state index contributed by atoms with van der Waals surface area (Å²) in [5, 5.41) is 6.42. The van der Waals surface area contributed by atoms with Crippen molar-refractivity contribution in [1.29, 1.82) is 0 Å². The van der Waals surface area contributed by atoms with Gasteiger partial charge in [0, 0.05) is 31.7 Å². The first kappa shape index (κ1) is 20.4. The summed E-state index contributed by atoms with van der Waals surface area (Å²) in [6.07, 6.45) is -2.02. The number of nitrogens with one attached hydrogen (secondary N) is 2. The first-order valence-corrected chi connectivity index (χ1v) is 8.72. The molecule has 2 N–H and O–H groups in total. The highest BCUT2D eigenvalue weighted by Gasteiger charge is 2.28. The zero-order valence-electron chi connectivity index (χ0n) is 15.5. The molecular weight excluding hydrogens is 345 g/mol. The minimum absolute atomic E-state index is 0.237. The van der Waals surface area contributed by atoms with E-state index in [1.165, 1.54) is 6.42 Å². The van der Waals surface area contributed by atoms with Gasteiger partial charge >= 0.3 is 6.18 Å². The number of nitrogens with zero attached hydrogens (tertiary/aromatic N) is 2. The second kappa shape index (κ2) is 9.12. The van der Waals surface area contributed by atoms with E-state index in [4.69, 9.17) is 4.74 Å². The molecule has 1 aliphatic heterocycles. The first-order valence-electron chi connectivity index (χ1n) is 8.72. The fourth-order valence-electron chi connectivity index (χ4n) is 2.95. The van der Waals surface area contributed by atoms with E-state index >= 15 is 0 Å². The van der Waals surface area contributed by atoms with Crippen molar-refractivity contribution in [3.63, 3.8) is 0 Å². The Kier molecular flexibility index (Phi) is 7.14. The quantitative estimate of drug-likeness (QED) is 0.596. The van der Waals surface area contributed by atoms with Crippen molar-refractivity contribution < 1.29 is 17.9 Å². The number of guanidine groups is 1. The molecule has 1 fully saturated rings. The molecule has 8 heteroatoms. The summed E-state index contributed by atoms with van der Waals surface area (Å²) in [5.41, 5.74) is 1.50. The minimum atomic E-state index is -4.36. The van der Waals surface area contributed by atoms with Crippen molar-refractivity contribution in [2.75, 3.05) is 33.8 Å². The minimum Gasteiger partial charge on any atom is -0.484 e. The van der Waals surface area contributed by atoms with Crippen molar-refractivity contribution in [3.8, 4) is 5.75 Å². The van der Waals surface area contributed by atoms with Gasteiger partial charge in [0.1, 0.15) is 5.75 Å². The third kappa shape index (κ3) is 6.40. The maximum absolute atomic E-state index is 12.4. The Bertz CT molecular complexity index is 619. The number of ether oxygens (including phenoxy) is 1. The van der Waals surface area contributed by atoms with Crippen molar-refractivity contribution >= 4 is 5.96 Å². The summed E-state index contributed by atoms with van der Waals surface area (Å²) in [6.45, 7) is 2.72. The van der Waals surface area contributed by atoms with E-state index in [1.54, 1.807) is 19.2 Å². The number of hydrogen-bond donors (Lipinski definition) is 2. The van der Waals surface area contributed by atoms with Gasteiger partial charge in [0.05, 0.1) is 0 Å². The Morgan fingerprint density at radius 1 is 1.35 bits per heavy atom. The van der Waals surface area contributed by atoms with Crippen LogP contribution in [0.5, 0.6) is 5.75 Å². The zero-order chi connectivity index (χ0) is 19.2. The highest BCUT2D eigenvalue weighted by atomic mass is 19.4. The molecule has 1 atom stereocenters. The average molecular weight is 372 g/mol. The number of rotatable bonds is 6. The van der Waals surface area contributed by atoms with Crippen LogP contribution in [0.15, 0.2) is 23.2 Å². The van der Waals surface area contributed by atoms with Crippen LogP contribution in [-0.4, -0.2) is 56.9 Å². The van der Waals surface area contributed by atoms with Crippen LogP contribution in [0.1, 0.15) is 24.0 Å². The van der Waals surface area contributed by atoms with Gasteiger partial charge in [-0.15, -0.1) is 0 Å². The van der Waals surface area contributed by atoms with Gasteiger partial charge < -0.3 is 20.3 Å². The van der Waals surface area contributed by atoms with Gasteiger partial charge in [-0.3, -0.25) is 4.99 Å². The molecule has 0 aliphatic carbocycles. The third-order valence-corrected chi connectivity index (χ3v) is 4.46. The Morgan fingerprint density at radius 2 is 2.12 bits per heavy atom. The number of likely N-dealkylation sites (N-methyl/N-ethyl adjacent to an activating group) is 1. The summed E-state index contributed by atoms with van der Waals surface area (Å²) >= 11 is 0. The molecule has 1 aliphatic rings. The number of hydrogen-bond acceptors (Lipinski definition) is 3. The van der Waals surface area contributed by atoms with E-state index in [1.807, 2.05) is 13.0 Å². The van der Waals surface area contributed by atoms with Crippen LogP contribution < -0.4 is 15.4 Å². The van der Waals surface area contributed by atoms with Gasteiger partial charge in [-0.25, -0.2) is 0 Å². The van der Waals surface area contributed by atoms with Crippen molar-refractivity contribution in [2.24, 2.45) is 4.99 Å². The normalized spacial score (nSPS) is 18.8. The Balaban J connectivity index is 1.92. The predicted molar refractivity (Wildman–Crippen MR) is 96.6 cm³/mol. The molecule has 0 bridgehead atoms. The van der Waals surface area contributed by atoms with E-state index in [-0.39, 0.29) is 5.75 Å². The Labute approximate surface area is 152 Å². The molecule has 0 aromatic heterocycles. The summed E-state index contributed by atoms with van der Waals surface area (Å²) in [6, 6.07) is 5.71. The summed E-state index contributed by atoms with van der Waals surface area (Å²) < 4.78 is 42.3. The van der Waals surface area contributed by atoms with Crippen molar-refractivity contribution in [2.45, 2.75) is 38.5 Å². The fraction of sp³-hybridized carbons (Fsp3) is 0.611. The first-order chi connectivity index (χ1) is 12.3. The smallest absolute Gasteiger partial charge is 0.422 e. The van der Waals surface area contributed by atoms with E-state index in [2.05, 4.69) is 27.6 Å². The fourth-order valence-corrected chi connectivity index (χ4v) is 2.95. The number of likely N-dealkylation sites (tertiary alicyclic amines) is 1. The lowest BCUT2D eigenvalue weighted by molar-refractivity contribution is -0.153. The monoisotopic (exact) mass is 372 g/mol. The Morgan fingerprint density at radius 3 is 2.73 bits per heavy atom. The summed E-state index contributed by atoms with van der Waals surface area (Å²) in [4.78, 5) is 6.49. The SMILES string of the molecule is CN=C(NCc1ccc(C)cc1OCC(F)(F)F)NCC1CCCN1C. The molecule has 26 heavy (non-hydrogen) atoms. The third-order valence-electron chi connectivity index (χ3n) is 4.46. The van der Waals surface area contributed by atoms with Crippen LogP contribution in [-0.2, 0) is 6.54 Å². The highest BCUT2D eigenvalue weighted by molar-refractivity contribution is 5.79. The van der Waals surface area contributed by atoms with E-state index in [0.717, 1.165) is 25.1 Å². The van der Waals surface area contributed by atoms with E-state index in [9.17, 15) is 13.2 Å². The van der Waals surface area contributed by atoms with Crippen LogP contribution in [0.25, 0.3) is 0 Å². The molecule has 0 radical (unpaired) electrons. The maximum Gasteiger partial charge on any atom is 0.422 e. The van der Waals surface area contributed by atoms with Gasteiger partial charge in [-0.1, -0.05) is 12.1 Å². The van der Waals surface area contributed by atoms with Crippen LogP contribution >= 0.6 is 0 Å². The highest BCUT2D eigenvalue weighted by Crippen LogP contribution is 2.23. The molecule has 1 saturated heterocycles. The van der Waals surface area contributed by atoms with Crippen LogP contribution in [0.3, 0.4) is 0 Å². The van der Waals surface area contributed by atoms with Gasteiger partial charge in [0.25, 0.3) is 0 Å². The Hall–Kier alpha value is -1.96. The van der Waals surface area contributed by atoms with Gasteiger partial charge in [-0.2, -0.15) is 13.2 Å². The summed E-state index contributed by atoms with van der Waals surface area (Å²) in [5.74, 6) is 0.855. The maximum atomic E-state index is 12.4. The number of benzene rings is 1. The standard InChI is InChI=1S/C18H27F3N4O/c1-13-6-7-14(16(9-13)26-12-18(19,20)21)10-23-17(22-2)24-11-15-5-4-8-25(15)3/h6-7,9,15H,4-5,8,10-12H2,1-3H3,(H2,22,23,24). The lowest BCUT2D eigenvalue weighted by atomic mass is 10.1. The molecule has 0 saturated carbocycles. The molecular formula is C18H27F3N4O. The second-order valence-corrected chi connectivity index (χ2v) is 6.60. The topological polar surface area (TPSA) is 48.9 Å². The second-order valence-electron chi connectivity index (χ2n) is 6.60. The molecule has 5 nitrogen and oxygen atoms in total. The largest absolute Gasteiger partial charge is 0.484 e. The molecule has 2 rings (SSSR count). The molecule has 1 aromatic rings. The molecule has 146 valence electrons. The van der Waals surface area contributed by atoms with Crippen molar-refractivity contribution in [1.82, 2.24) is 15.5 Å². The molecule has 1 unspecified atom stereocenters. The van der Waals surface area contributed by atoms with E-state index < -0.39 is 12.8 Å². The van der Waals surface area contributed by atoms with Crippen LogP contribution in [0, 0.1) is 6.92 Å². The number of halogens is 3. The number of aryl methyl sites for hydroxylation is 1. The number of aliphatic imine (C=N–C) groups is 1. The molecule has 1 aromatic carbocycles. The van der Waals surface area contributed by atoms with Crippen LogP contribution in [0.2, 0.25) is 0 Å². The molecule has 0 spiro atoms. The van der Waals surface area contributed by atoms with Gasteiger partial charge in [0.15, 0.2) is 12.6 Å². The lowest BCUT2D eigenvalue weighted by Crippen LogP contribution is -2.43. The predicted octanol–water partition coefficient (Wildman–Crippen LogP) is 2.70. The van der Waals surface area contributed by atoms with Crippen molar-refractivity contribution in [3.05, 3.63) is 29.3 Å². The zero-order valence-corrected chi connectivity index (χ0v) is 15.5. The van der Waals surface area contributed by atoms with Gasteiger partial charge in [0.2, 0.25) is 0 Å². The lowest BCUT2D eigenvalue weighted by Gasteiger charge is -2.21. The summed E-state index contributed by atoms with van der Waals surface area (Å²) in [7, 11) is 3.77. The molecule has 0 amide bonds.